The van der Waals surface area contributed by atoms with Gasteiger partial charge in [0.2, 0.25) is 0 Å². The number of allylic oxidation sites excluding steroid dienone is 1. The summed E-state index contributed by atoms with van der Waals surface area (Å²) in [5.41, 5.74) is -1.00. The summed E-state index contributed by atoms with van der Waals surface area (Å²) in [6.45, 7) is 7.57. The molecule has 0 amide bonds. The van der Waals surface area contributed by atoms with Crippen molar-refractivity contribution in [2.45, 2.75) is 24.9 Å². The van der Waals surface area contributed by atoms with Crippen molar-refractivity contribution in [1.29, 1.82) is 0 Å². The Morgan fingerprint density at radius 3 is 2.54 bits per heavy atom. The van der Waals surface area contributed by atoms with Gasteiger partial charge in [-0.1, -0.05) is 24.3 Å². The van der Waals surface area contributed by atoms with Gasteiger partial charge < -0.3 is 5.11 Å². The van der Waals surface area contributed by atoms with Gasteiger partial charge in [0.25, 0.3) is 0 Å². The third-order valence-corrected chi connectivity index (χ3v) is 3.68. The van der Waals surface area contributed by atoms with Crippen LogP contribution in [0.1, 0.15) is 19.3 Å². The standard InChI is InChI=1S/C12H16O/c1-3-11-7-5-10(6-8-11)9-12(11,13)4-2/h3-5,7,10,13H,1-2,6,8-9H2/t10-,11-,12+/m0/s1. The van der Waals surface area contributed by atoms with Crippen molar-refractivity contribution in [2.75, 3.05) is 0 Å². The molecule has 0 radical (unpaired) electrons. The minimum Gasteiger partial charge on any atom is -0.385 e. The fourth-order valence-corrected chi connectivity index (χ4v) is 2.65. The van der Waals surface area contributed by atoms with Gasteiger partial charge in [0.15, 0.2) is 0 Å². The van der Waals surface area contributed by atoms with Gasteiger partial charge in [0.05, 0.1) is 5.60 Å². The molecule has 0 heterocycles. The van der Waals surface area contributed by atoms with Crippen LogP contribution in [0, 0.1) is 11.3 Å². The van der Waals surface area contributed by atoms with E-state index in [1.54, 1.807) is 6.08 Å². The van der Waals surface area contributed by atoms with E-state index in [9.17, 15) is 5.11 Å². The fraction of sp³-hybridized carbons (Fsp3) is 0.500. The first-order valence-corrected chi connectivity index (χ1v) is 4.85. The summed E-state index contributed by atoms with van der Waals surface area (Å²) in [6.07, 6.45) is 10.9. The molecule has 0 spiro atoms. The van der Waals surface area contributed by atoms with Gasteiger partial charge in [-0.05, 0) is 25.2 Å². The molecular weight excluding hydrogens is 160 g/mol. The Kier molecular flexibility index (Phi) is 1.74. The average Bonchev–Trinajstić information content (AvgIpc) is 2.19. The lowest BCUT2D eigenvalue weighted by atomic mass is 9.56. The smallest absolute Gasteiger partial charge is 0.0955 e. The zero-order chi connectivity index (χ0) is 9.53. The molecule has 3 rings (SSSR count). The summed E-state index contributed by atoms with van der Waals surface area (Å²) in [5, 5.41) is 10.4. The lowest BCUT2D eigenvalue weighted by molar-refractivity contribution is -0.0446. The molecule has 1 heteroatoms. The SMILES string of the molecule is C=C[C@]12C=C[C@@H](CC1)C[C@]2(O)C=C. The number of hydrogen-bond acceptors (Lipinski definition) is 1. The second kappa shape index (κ2) is 2.58. The maximum Gasteiger partial charge on any atom is 0.0955 e. The van der Waals surface area contributed by atoms with E-state index in [0.29, 0.717) is 5.92 Å². The molecular formula is C12H16O. The largest absolute Gasteiger partial charge is 0.385 e. The van der Waals surface area contributed by atoms with Crippen molar-refractivity contribution in [1.82, 2.24) is 0 Å². The molecule has 1 fully saturated rings. The van der Waals surface area contributed by atoms with Gasteiger partial charge in [0, 0.05) is 5.41 Å². The van der Waals surface area contributed by atoms with E-state index in [2.05, 4.69) is 25.3 Å². The molecule has 0 aromatic rings. The highest BCUT2D eigenvalue weighted by Crippen LogP contribution is 2.53. The second-order valence-corrected chi connectivity index (χ2v) is 4.23. The first kappa shape index (κ1) is 8.76. The molecule has 1 nitrogen and oxygen atoms in total. The van der Waals surface area contributed by atoms with E-state index < -0.39 is 5.60 Å². The highest BCUT2D eigenvalue weighted by molar-refractivity contribution is 5.30. The highest BCUT2D eigenvalue weighted by atomic mass is 16.3. The predicted octanol–water partition coefficient (Wildman–Crippen LogP) is 2.45. The summed E-state index contributed by atoms with van der Waals surface area (Å²) >= 11 is 0. The highest BCUT2D eigenvalue weighted by Gasteiger charge is 2.51. The van der Waals surface area contributed by atoms with Gasteiger partial charge in [-0.2, -0.15) is 0 Å². The van der Waals surface area contributed by atoms with Gasteiger partial charge in [-0.15, -0.1) is 13.2 Å². The van der Waals surface area contributed by atoms with Crippen molar-refractivity contribution < 1.29 is 5.11 Å². The first-order valence-electron chi connectivity index (χ1n) is 4.85. The Labute approximate surface area is 79.5 Å². The van der Waals surface area contributed by atoms with Crippen LogP contribution in [0.3, 0.4) is 0 Å². The number of aliphatic hydroxyl groups is 1. The third-order valence-electron chi connectivity index (χ3n) is 3.68. The van der Waals surface area contributed by atoms with Gasteiger partial charge in [0.1, 0.15) is 0 Å². The molecule has 2 bridgehead atoms. The van der Waals surface area contributed by atoms with E-state index >= 15 is 0 Å². The molecule has 13 heavy (non-hydrogen) atoms. The monoisotopic (exact) mass is 176 g/mol. The lowest BCUT2D eigenvalue weighted by Gasteiger charge is -2.51. The van der Waals surface area contributed by atoms with Gasteiger partial charge in [-0.3, -0.25) is 0 Å². The lowest BCUT2D eigenvalue weighted by Crippen LogP contribution is -2.51. The van der Waals surface area contributed by atoms with Crippen molar-refractivity contribution in [3.63, 3.8) is 0 Å². The minimum atomic E-state index is -0.758. The van der Waals surface area contributed by atoms with E-state index in [-0.39, 0.29) is 5.41 Å². The molecule has 0 aromatic heterocycles. The summed E-state index contributed by atoms with van der Waals surface area (Å²) in [4.78, 5) is 0. The molecule has 0 unspecified atom stereocenters. The summed E-state index contributed by atoms with van der Waals surface area (Å²) in [6, 6.07) is 0. The molecule has 1 saturated carbocycles. The summed E-state index contributed by atoms with van der Waals surface area (Å²) in [7, 11) is 0. The van der Waals surface area contributed by atoms with E-state index in [0.717, 1.165) is 12.8 Å². The van der Waals surface area contributed by atoms with Crippen LogP contribution in [0.2, 0.25) is 0 Å². The van der Waals surface area contributed by atoms with Crippen LogP contribution in [0.4, 0.5) is 0 Å². The second-order valence-electron chi connectivity index (χ2n) is 4.23. The van der Waals surface area contributed by atoms with Gasteiger partial charge >= 0.3 is 0 Å². The quantitative estimate of drug-likeness (QED) is 0.641. The van der Waals surface area contributed by atoms with E-state index in [4.69, 9.17) is 0 Å². The van der Waals surface area contributed by atoms with Crippen LogP contribution in [0.5, 0.6) is 0 Å². The molecule has 0 aliphatic heterocycles. The number of hydrogen-bond donors (Lipinski definition) is 1. The Hall–Kier alpha value is -0.820. The van der Waals surface area contributed by atoms with Crippen molar-refractivity contribution >= 4 is 0 Å². The Bertz CT molecular complexity index is 279. The molecule has 1 N–H and O–H groups in total. The summed E-state index contributed by atoms with van der Waals surface area (Å²) < 4.78 is 0. The molecule has 0 saturated heterocycles. The number of rotatable bonds is 2. The Morgan fingerprint density at radius 2 is 2.15 bits per heavy atom. The Morgan fingerprint density at radius 1 is 1.38 bits per heavy atom. The maximum absolute atomic E-state index is 10.4. The normalized spacial score (nSPS) is 47.6. The Balaban J connectivity index is 2.48. The van der Waals surface area contributed by atoms with Crippen LogP contribution >= 0.6 is 0 Å². The van der Waals surface area contributed by atoms with Crippen molar-refractivity contribution in [3.05, 3.63) is 37.5 Å². The van der Waals surface area contributed by atoms with Crippen LogP contribution in [0.15, 0.2) is 37.5 Å². The zero-order valence-electron chi connectivity index (χ0n) is 7.87. The zero-order valence-corrected chi connectivity index (χ0v) is 7.87. The summed E-state index contributed by atoms with van der Waals surface area (Å²) in [5.74, 6) is 0.532. The van der Waals surface area contributed by atoms with Crippen molar-refractivity contribution in [3.8, 4) is 0 Å². The topological polar surface area (TPSA) is 20.2 Å². The van der Waals surface area contributed by atoms with Gasteiger partial charge in [-0.25, -0.2) is 0 Å². The fourth-order valence-electron chi connectivity index (χ4n) is 2.65. The minimum absolute atomic E-state index is 0.247. The maximum atomic E-state index is 10.4. The van der Waals surface area contributed by atoms with E-state index in [1.165, 1.54) is 6.42 Å². The van der Waals surface area contributed by atoms with Crippen LogP contribution in [-0.4, -0.2) is 10.7 Å². The van der Waals surface area contributed by atoms with Crippen LogP contribution in [0.25, 0.3) is 0 Å². The number of fused-ring (bicyclic) bond motifs is 2. The van der Waals surface area contributed by atoms with Crippen LogP contribution in [-0.2, 0) is 0 Å². The van der Waals surface area contributed by atoms with Crippen LogP contribution < -0.4 is 0 Å². The molecule has 3 atom stereocenters. The first-order chi connectivity index (χ1) is 6.16. The predicted molar refractivity (Wildman–Crippen MR) is 54.3 cm³/mol. The molecule has 70 valence electrons. The molecule has 3 aliphatic carbocycles. The average molecular weight is 176 g/mol. The van der Waals surface area contributed by atoms with E-state index in [1.807, 2.05) is 6.08 Å². The molecule has 3 aliphatic rings. The van der Waals surface area contributed by atoms with Crippen molar-refractivity contribution in [2.24, 2.45) is 11.3 Å². The third kappa shape index (κ3) is 0.969. The molecule has 0 aromatic carbocycles.